The van der Waals surface area contributed by atoms with Gasteiger partial charge in [0.2, 0.25) is 0 Å². The number of aromatic nitrogens is 2. The molecule has 0 unspecified atom stereocenters. The third-order valence-electron chi connectivity index (χ3n) is 3.83. The number of nitrogens with zero attached hydrogens (tertiary/aromatic N) is 3. The molecular weight excluding hydrogens is 278 g/mol. The quantitative estimate of drug-likeness (QED) is 0.861. The predicted molar refractivity (Wildman–Crippen MR) is 84.5 cm³/mol. The first-order chi connectivity index (χ1) is 10.7. The highest BCUT2D eigenvalue weighted by Crippen LogP contribution is 2.17. The van der Waals surface area contributed by atoms with E-state index in [4.69, 9.17) is 5.73 Å². The lowest BCUT2D eigenvalue weighted by atomic mass is 10.00. The predicted octanol–water partition coefficient (Wildman–Crippen LogP) is 1.05. The molecule has 22 heavy (non-hydrogen) atoms. The molecule has 114 valence electrons. The number of rotatable bonds is 5. The van der Waals surface area contributed by atoms with Crippen LogP contribution in [0.2, 0.25) is 0 Å². The smallest absolute Gasteiger partial charge is 0.268 e. The van der Waals surface area contributed by atoms with Gasteiger partial charge in [-0.3, -0.25) is 14.7 Å². The van der Waals surface area contributed by atoms with Crippen molar-refractivity contribution in [1.82, 2.24) is 14.9 Å². The molecule has 0 atom stereocenters. The van der Waals surface area contributed by atoms with Gasteiger partial charge in [0, 0.05) is 26.2 Å². The van der Waals surface area contributed by atoms with Gasteiger partial charge in [-0.05, 0) is 17.5 Å². The molecule has 6 nitrogen and oxygen atoms in total. The summed E-state index contributed by atoms with van der Waals surface area (Å²) in [5.74, 6) is 0.0116. The van der Waals surface area contributed by atoms with Crippen LogP contribution in [0.3, 0.4) is 0 Å². The third kappa shape index (κ3) is 3.40. The average molecular weight is 297 g/mol. The van der Waals surface area contributed by atoms with Crippen LogP contribution in [0.15, 0.2) is 36.7 Å². The molecule has 0 fully saturated rings. The fourth-order valence-electron chi connectivity index (χ4n) is 2.66. The van der Waals surface area contributed by atoms with Crippen molar-refractivity contribution >= 4 is 11.7 Å². The number of primary amides is 1. The Labute approximate surface area is 129 Å². The Morgan fingerprint density at radius 1 is 1.27 bits per heavy atom. The molecule has 3 rings (SSSR count). The van der Waals surface area contributed by atoms with E-state index in [9.17, 15) is 4.79 Å². The van der Waals surface area contributed by atoms with Crippen molar-refractivity contribution < 1.29 is 4.79 Å². The number of fused-ring (bicyclic) bond motifs is 1. The standard InChI is InChI=1S/C16H19N5O/c17-16(22)14-9-18-10-15(20-14)19-6-8-21-7-5-12-3-1-2-4-13(12)11-21/h1-4,9-10H,5-8,11H2,(H2,17,22)(H,19,20). The molecule has 2 aromatic rings. The van der Waals surface area contributed by atoms with Crippen molar-refractivity contribution in [3.05, 3.63) is 53.5 Å². The summed E-state index contributed by atoms with van der Waals surface area (Å²) in [4.78, 5) is 21.6. The second-order valence-electron chi connectivity index (χ2n) is 5.38. The molecule has 2 heterocycles. The van der Waals surface area contributed by atoms with Crippen LogP contribution in [-0.4, -0.2) is 40.4 Å². The number of nitrogens with two attached hydrogens (primary N) is 1. The van der Waals surface area contributed by atoms with Crippen molar-refractivity contribution in [1.29, 1.82) is 0 Å². The van der Waals surface area contributed by atoms with Crippen LogP contribution in [0.1, 0.15) is 21.6 Å². The monoisotopic (exact) mass is 297 g/mol. The summed E-state index contributed by atoms with van der Waals surface area (Å²) in [6.45, 7) is 3.70. The van der Waals surface area contributed by atoms with Gasteiger partial charge in [-0.1, -0.05) is 24.3 Å². The number of nitrogens with one attached hydrogen (secondary N) is 1. The first kappa shape index (κ1) is 14.5. The van der Waals surface area contributed by atoms with Gasteiger partial charge in [0.15, 0.2) is 0 Å². The zero-order valence-electron chi connectivity index (χ0n) is 12.3. The zero-order valence-corrected chi connectivity index (χ0v) is 12.3. The van der Waals surface area contributed by atoms with E-state index in [-0.39, 0.29) is 5.69 Å². The summed E-state index contributed by atoms with van der Waals surface area (Å²) < 4.78 is 0. The van der Waals surface area contributed by atoms with Crippen LogP contribution >= 0.6 is 0 Å². The number of benzene rings is 1. The highest BCUT2D eigenvalue weighted by atomic mass is 16.1. The molecule has 1 aliphatic rings. The number of carbonyl (C=O) groups excluding carboxylic acids is 1. The number of hydrogen-bond acceptors (Lipinski definition) is 5. The molecule has 0 aliphatic carbocycles. The third-order valence-corrected chi connectivity index (χ3v) is 3.83. The van der Waals surface area contributed by atoms with Gasteiger partial charge in [0.1, 0.15) is 11.5 Å². The Balaban J connectivity index is 1.52. The summed E-state index contributed by atoms with van der Waals surface area (Å²) in [7, 11) is 0. The Bertz CT molecular complexity index is 673. The minimum absolute atomic E-state index is 0.178. The van der Waals surface area contributed by atoms with E-state index in [0.717, 1.165) is 32.6 Å². The van der Waals surface area contributed by atoms with Crippen molar-refractivity contribution in [2.24, 2.45) is 5.73 Å². The first-order valence-corrected chi connectivity index (χ1v) is 7.37. The average Bonchev–Trinajstić information content (AvgIpc) is 2.55. The van der Waals surface area contributed by atoms with E-state index >= 15 is 0 Å². The lowest BCUT2D eigenvalue weighted by Gasteiger charge is -2.28. The minimum Gasteiger partial charge on any atom is -0.367 e. The summed E-state index contributed by atoms with van der Waals surface area (Å²) in [6, 6.07) is 8.58. The molecule has 0 spiro atoms. The van der Waals surface area contributed by atoms with Gasteiger partial charge in [-0.15, -0.1) is 0 Å². The minimum atomic E-state index is -0.566. The Kier molecular flexibility index (Phi) is 4.29. The largest absolute Gasteiger partial charge is 0.367 e. The van der Waals surface area contributed by atoms with Crippen LogP contribution in [0.25, 0.3) is 0 Å². The molecule has 0 saturated heterocycles. The second kappa shape index (κ2) is 6.53. The highest BCUT2D eigenvalue weighted by molar-refractivity contribution is 5.90. The zero-order chi connectivity index (χ0) is 15.4. The molecular formula is C16H19N5O. The van der Waals surface area contributed by atoms with Crippen LogP contribution in [0, 0.1) is 0 Å². The van der Waals surface area contributed by atoms with Crippen LogP contribution in [0.4, 0.5) is 5.82 Å². The Morgan fingerprint density at radius 2 is 2.09 bits per heavy atom. The number of hydrogen-bond donors (Lipinski definition) is 2. The molecule has 6 heteroatoms. The van der Waals surface area contributed by atoms with E-state index in [0.29, 0.717) is 5.82 Å². The van der Waals surface area contributed by atoms with Crippen LogP contribution < -0.4 is 11.1 Å². The van der Waals surface area contributed by atoms with Gasteiger partial charge in [0.25, 0.3) is 5.91 Å². The molecule has 3 N–H and O–H groups in total. The van der Waals surface area contributed by atoms with Gasteiger partial charge >= 0.3 is 0 Å². The molecule has 1 aromatic heterocycles. The first-order valence-electron chi connectivity index (χ1n) is 7.37. The topological polar surface area (TPSA) is 84.1 Å². The number of anilines is 1. The Morgan fingerprint density at radius 3 is 2.91 bits per heavy atom. The fraction of sp³-hybridized carbons (Fsp3) is 0.312. The van der Waals surface area contributed by atoms with E-state index < -0.39 is 5.91 Å². The van der Waals surface area contributed by atoms with Crippen LogP contribution in [0.5, 0.6) is 0 Å². The maximum Gasteiger partial charge on any atom is 0.268 e. The Hall–Kier alpha value is -2.47. The molecule has 0 radical (unpaired) electrons. The van der Waals surface area contributed by atoms with Crippen molar-refractivity contribution in [3.8, 4) is 0 Å². The maximum atomic E-state index is 11.1. The van der Waals surface area contributed by atoms with Crippen molar-refractivity contribution in [2.45, 2.75) is 13.0 Å². The van der Waals surface area contributed by atoms with Gasteiger partial charge in [-0.2, -0.15) is 0 Å². The maximum absolute atomic E-state index is 11.1. The van der Waals surface area contributed by atoms with E-state index in [2.05, 4.69) is 44.5 Å². The summed E-state index contributed by atoms with van der Waals surface area (Å²) in [5, 5.41) is 3.19. The van der Waals surface area contributed by atoms with E-state index in [1.165, 1.54) is 17.3 Å². The summed E-state index contributed by atoms with van der Waals surface area (Å²) in [5.41, 5.74) is 8.23. The van der Waals surface area contributed by atoms with E-state index in [1.54, 1.807) is 6.20 Å². The van der Waals surface area contributed by atoms with Gasteiger partial charge in [-0.25, -0.2) is 4.98 Å². The molecule has 1 amide bonds. The normalized spacial score (nSPS) is 14.4. The molecule has 0 saturated carbocycles. The van der Waals surface area contributed by atoms with Crippen molar-refractivity contribution in [3.63, 3.8) is 0 Å². The molecule has 1 aromatic carbocycles. The van der Waals surface area contributed by atoms with E-state index in [1.807, 2.05) is 0 Å². The van der Waals surface area contributed by atoms with Gasteiger partial charge < -0.3 is 11.1 Å². The highest BCUT2D eigenvalue weighted by Gasteiger charge is 2.15. The fourth-order valence-corrected chi connectivity index (χ4v) is 2.66. The lowest BCUT2D eigenvalue weighted by molar-refractivity contribution is 0.0995. The molecule has 0 bridgehead atoms. The summed E-state index contributed by atoms with van der Waals surface area (Å²) >= 11 is 0. The lowest BCUT2D eigenvalue weighted by Crippen LogP contribution is -2.34. The van der Waals surface area contributed by atoms with Crippen LogP contribution in [-0.2, 0) is 13.0 Å². The van der Waals surface area contributed by atoms with Crippen molar-refractivity contribution in [2.75, 3.05) is 25.0 Å². The number of carbonyl (C=O) groups is 1. The SMILES string of the molecule is NC(=O)c1cncc(NCCN2CCc3ccccc3C2)n1. The number of amides is 1. The summed E-state index contributed by atoms with van der Waals surface area (Å²) in [6.07, 6.45) is 4.06. The molecule has 1 aliphatic heterocycles. The second-order valence-corrected chi connectivity index (χ2v) is 5.38. The van der Waals surface area contributed by atoms with Gasteiger partial charge in [0.05, 0.1) is 12.4 Å².